The molecule has 0 bridgehead atoms. The molecule has 3 nitrogen and oxygen atoms in total. The van der Waals surface area contributed by atoms with E-state index in [1.807, 2.05) is 0 Å². The average molecular weight is 736 g/mol. The summed E-state index contributed by atoms with van der Waals surface area (Å²) in [6.07, 6.45) is -16.4. The van der Waals surface area contributed by atoms with Crippen LogP contribution in [0, 0.1) is 0 Å². The first-order valence-corrected chi connectivity index (χ1v) is 7.26. The Morgan fingerprint density at radius 2 is 0.649 bits per heavy atom. The van der Waals surface area contributed by atoms with E-state index in [2.05, 4.69) is 0 Å². The Morgan fingerprint density at radius 3 is 0.811 bits per heavy atom. The number of hydrogen-bond acceptors (Lipinski definition) is 2. The molecule has 0 spiro atoms. The Morgan fingerprint density at radius 1 is 0.432 bits per heavy atom. The Hall–Kier alpha value is -0.539. The quantitative estimate of drug-likeness (QED) is 0.192. The number of alkyl halides is 22. The van der Waals surface area contributed by atoms with E-state index in [1.165, 1.54) is 0 Å². The van der Waals surface area contributed by atoms with Gasteiger partial charge in [-0.25, -0.2) is 4.79 Å². The fraction of sp³-hybridized carbons (Fsp3) is 0.909. The van der Waals surface area contributed by atoms with Crippen molar-refractivity contribution in [1.29, 1.82) is 0 Å². The Labute approximate surface area is 225 Å². The van der Waals surface area contributed by atoms with Gasteiger partial charge in [0, 0.05) is 0 Å². The van der Waals surface area contributed by atoms with Crippen LogP contribution < -0.4 is 0 Å². The molecule has 26 heteroatoms. The zero-order valence-corrected chi connectivity index (χ0v) is 15.1. The predicted octanol–water partition coefficient (Wildman–Crippen LogP) is 5.54. The van der Waals surface area contributed by atoms with Crippen LogP contribution in [0.15, 0.2) is 0 Å². The maximum atomic E-state index is 13.7. The molecule has 0 heterocycles. The molecule has 0 aliphatic heterocycles. The number of carboxylic acids is 1. The number of aliphatic carboxylic acids is 1. The Kier molecular flexibility index (Phi) is 10.3. The van der Waals surface area contributed by atoms with Crippen molar-refractivity contribution < 1.29 is 106 Å². The molecular formula is C11H3BaF22NO2. The summed E-state index contributed by atoms with van der Waals surface area (Å²) in [7, 11) is 0. The minimum atomic E-state index is -9.33. The molecule has 0 aromatic heterocycles. The zero-order chi connectivity index (χ0) is 30.2. The Bertz CT molecular complexity index is 793. The first-order valence-electron chi connectivity index (χ1n) is 7.26. The van der Waals surface area contributed by atoms with Crippen molar-refractivity contribution in [3.63, 3.8) is 0 Å². The van der Waals surface area contributed by atoms with Crippen molar-refractivity contribution in [2.75, 3.05) is 0 Å². The topological polar surface area (TPSA) is 40.5 Å². The van der Waals surface area contributed by atoms with E-state index >= 15 is 0 Å². The summed E-state index contributed by atoms with van der Waals surface area (Å²) in [6, 6.07) is -27.5. The standard InChI is InChI=1S/C11HF22NO2.Ba.2H/c12-2(13,1(35)36)9(28,29)34(10(30,31)5(18,19)3(14,15)7(22,23)24)11(32,33)6(20,21)4(16,17)8(25,26)27;;;/h(H,35,36);;;. The molecule has 0 atom stereocenters. The molecule has 37 heavy (non-hydrogen) atoms. The van der Waals surface area contributed by atoms with Gasteiger partial charge in [0.25, 0.3) is 0 Å². The van der Waals surface area contributed by atoms with Crippen LogP contribution in [0.1, 0.15) is 0 Å². The number of halogens is 22. The number of carbonyl (C=O) groups is 1. The van der Waals surface area contributed by atoms with Crippen LogP contribution in [-0.4, -0.2) is 125 Å². The van der Waals surface area contributed by atoms with Crippen LogP contribution in [0.5, 0.6) is 0 Å². The molecule has 0 amide bonds. The van der Waals surface area contributed by atoms with Crippen molar-refractivity contribution in [3.8, 4) is 0 Å². The maximum absolute atomic E-state index is 13.7. The van der Waals surface area contributed by atoms with E-state index in [0.717, 1.165) is 0 Å². The molecule has 0 radical (unpaired) electrons. The van der Waals surface area contributed by atoms with Gasteiger partial charge in [-0.1, -0.05) is 0 Å². The molecule has 0 aromatic carbocycles. The second-order valence-electron chi connectivity index (χ2n) is 6.13. The molecule has 0 rings (SSSR count). The second-order valence-corrected chi connectivity index (χ2v) is 6.13. The van der Waals surface area contributed by atoms with Gasteiger partial charge in [0.05, 0.1) is 0 Å². The van der Waals surface area contributed by atoms with Crippen molar-refractivity contribution >= 4 is 54.9 Å². The third-order valence-electron chi connectivity index (χ3n) is 3.75. The number of hydrogen-bond donors (Lipinski definition) is 1. The van der Waals surface area contributed by atoms with Crippen molar-refractivity contribution in [2.45, 2.75) is 60.1 Å². The Balaban J connectivity index is 0. The van der Waals surface area contributed by atoms with Crippen LogP contribution in [0.2, 0.25) is 0 Å². The van der Waals surface area contributed by atoms with Gasteiger partial charge in [-0.15, -0.1) is 4.90 Å². The third kappa shape index (κ3) is 5.31. The van der Waals surface area contributed by atoms with Crippen LogP contribution in [0.25, 0.3) is 0 Å². The van der Waals surface area contributed by atoms with E-state index in [9.17, 15) is 101 Å². The van der Waals surface area contributed by atoms with Crippen molar-refractivity contribution in [2.24, 2.45) is 0 Å². The summed E-state index contributed by atoms with van der Waals surface area (Å²) >= 11 is 0. The molecule has 0 aliphatic carbocycles. The molecule has 1 N–H and O–H groups in total. The van der Waals surface area contributed by atoms with Gasteiger partial charge in [-0.2, -0.15) is 96.6 Å². The third-order valence-corrected chi connectivity index (χ3v) is 3.75. The van der Waals surface area contributed by atoms with Gasteiger partial charge in [0.1, 0.15) is 0 Å². The first-order chi connectivity index (χ1) is 15.1. The fourth-order valence-corrected chi connectivity index (χ4v) is 1.81. The molecule has 0 aliphatic rings. The predicted molar refractivity (Wildman–Crippen MR) is 69.7 cm³/mol. The van der Waals surface area contributed by atoms with E-state index in [-0.39, 0.29) is 48.9 Å². The van der Waals surface area contributed by atoms with E-state index in [1.54, 1.807) is 0 Å². The van der Waals surface area contributed by atoms with Gasteiger partial charge in [0.15, 0.2) is 0 Å². The summed E-state index contributed by atoms with van der Waals surface area (Å²) in [6.45, 7) is 0. The van der Waals surface area contributed by atoms with E-state index in [0.29, 0.717) is 0 Å². The second kappa shape index (κ2) is 9.83. The van der Waals surface area contributed by atoms with Gasteiger partial charge in [0.2, 0.25) is 0 Å². The van der Waals surface area contributed by atoms with Crippen LogP contribution in [-0.2, 0) is 4.79 Å². The van der Waals surface area contributed by atoms with Gasteiger partial charge in [-0.3, -0.25) is 0 Å². The first kappa shape index (κ1) is 38.6. The molecular weight excluding hydrogens is 733 g/mol. The molecule has 0 fully saturated rings. The number of rotatable bonds is 9. The van der Waals surface area contributed by atoms with Crippen LogP contribution >= 0.6 is 0 Å². The average Bonchev–Trinajstić information content (AvgIpc) is 2.57. The van der Waals surface area contributed by atoms with Crippen molar-refractivity contribution in [3.05, 3.63) is 0 Å². The molecule has 0 saturated carbocycles. The van der Waals surface area contributed by atoms with Crippen LogP contribution in [0.3, 0.4) is 0 Å². The van der Waals surface area contributed by atoms with Gasteiger partial charge in [-0.05, 0) is 0 Å². The minimum absolute atomic E-state index is 0. The van der Waals surface area contributed by atoms with Crippen molar-refractivity contribution in [1.82, 2.24) is 4.90 Å². The summed E-state index contributed by atoms with van der Waals surface area (Å²) < 4.78 is 285. The van der Waals surface area contributed by atoms with Gasteiger partial charge >= 0.3 is 115 Å². The normalized spacial score (nSPS) is 16.1. The van der Waals surface area contributed by atoms with E-state index in [4.69, 9.17) is 5.11 Å². The fourth-order valence-electron chi connectivity index (χ4n) is 1.81. The van der Waals surface area contributed by atoms with Gasteiger partial charge < -0.3 is 5.11 Å². The monoisotopic (exact) mass is 737 g/mol. The summed E-state index contributed by atoms with van der Waals surface area (Å²) in [5.41, 5.74) is 0. The molecule has 0 saturated heterocycles. The summed E-state index contributed by atoms with van der Waals surface area (Å²) in [5.74, 6) is -48.5. The summed E-state index contributed by atoms with van der Waals surface area (Å²) in [5, 5.41) is 7.76. The SMILES string of the molecule is O=C(O)C(F)(F)C(F)(F)N(C(F)(F)C(F)(F)C(F)(F)C(F)(F)F)C(F)(F)C(F)(F)C(F)(F)C(F)(F)F.[BaH2]. The van der Waals surface area contributed by atoms with Crippen LogP contribution in [0.4, 0.5) is 96.6 Å². The summed E-state index contributed by atoms with van der Waals surface area (Å²) in [4.78, 5) is 4.48. The van der Waals surface area contributed by atoms with E-state index < -0.39 is 71.0 Å². The molecule has 0 aromatic rings. The number of carboxylic acid groups (broad SMARTS) is 1. The zero-order valence-electron chi connectivity index (χ0n) is 15.1. The molecule has 0 unspecified atom stereocenters. The molecule has 220 valence electrons. The number of nitrogens with zero attached hydrogens (tertiary/aromatic N) is 1.